The highest BCUT2D eigenvalue weighted by atomic mass is 79.9. The van der Waals surface area contributed by atoms with Gasteiger partial charge in [0.15, 0.2) is 0 Å². The van der Waals surface area contributed by atoms with Gasteiger partial charge < -0.3 is 14.6 Å². The molecule has 188 valence electrons. The van der Waals surface area contributed by atoms with E-state index in [0.717, 1.165) is 5.69 Å². The van der Waals surface area contributed by atoms with Crippen molar-refractivity contribution in [2.75, 3.05) is 5.32 Å². The van der Waals surface area contributed by atoms with E-state index in [1.165, 1.54) is 30.3 Å². The number of nitrogens with one attached hydrogen (secondary N) is 1. The van der Waals surface area contributed by atoms with Crippen molar-refractivity contribution in [1.29, 1.82) is 0 Å². The Morgan fingerprint density at radius 3 is 2.32 bits per heavy atom. The molecule has 1 aromatic heterocycles. The maximum absolute atomic E-state index is 13.4. The molecular weight excluding hydrogens is 545 g/mol. The van der Waals surface area contributed by atoms with Crippen molar-refractivity contribution in [3.05, 3.63) is 122 Å². The van der Waals surface area contributed by atoms with Gasteiger partial charge >= 0.3 is 5.97 Å². The fourth-order valence-electron chi connectivity index (χ4n) is 3.95. The van der Waals surface area contributed by atoms with Gasteiger partial charge in [-0.2, -0.15) is 0 Å². The van der Waals surface area contributed by atoms with Crippen LogP contribution in [0.2, 0.25) is 0 Å². The van der Waals surface area contributed by atoms with Crippen LogP contribution in [0.3, 0.4) is 0 Å². The minimum absolute atomic E-state index is 0.146. The smallest absolute Gasteiger partial charge is 0.341 e. The average molecular weight is 566 g/mol. The molecule has 1 heterocycles. The number of carbonyl (C=O) groups excluding carboxylic acids is 2. The van der Waals surface area contributed by atoms with Crippen molar-refractivity contribution in [1.82, 2.24) is 4.57 Å². The number of nitro groups is 1. The lowest BCUT2D eigenvalue weighted by Crippen LogP contribution is -2.26. The molecule has 1 N–H and O–H groups in total. The van der Waals surface area contributed by atoms with E-state index in [9.17, 15) is 24.1 Å². The molecule has 3 aromatic carbocycles. The Morgan fingerprint density at radius 2 is 1.70 bits per heavy atom. The molecule has 4 aromatic rings. The lowest BCUT2D eigenvalue weighted by molar-refractivity contribution is -0.384. The summed E-state index contributed by atoms with van der Waals surface area (Å²) in [6.45, 7) is 3.54. The van der Waals surface area contributed by atoms with Crippen LogP contribution >= 0.6 is 15.9 Å². The Kier molecular flexibility index (Phi) is 7.49. The summed E-state index contributed by atoms with van der Waals surface area (Å²) in [5, 5.41) is 13.7. The number of ether oxygens (including phenoxy) is 1. The number of aromatic nitrogens is 1. The number of nitro benzene ring substituents is 1. The number of esters is 1. The Balaban J connectivity index is 1.63. The fourth-order valence-corrected chi connectivity index (χ4v) is 4.41. The van der Waals surface area contributed by atoms with Gasteiger partial charge in [0, 0.05) is 39.2 Å². The molecule has 0 spiro atoms. The molecule has 10 heteroatoms. The number of hydrogen-bond acceptors (Lipinski definition) is 5. The van der Waals surface area contributed by atoms with Gasteiger partial charge in [-0.1, -0.05) is 30.3 Å². The number of anilines is 1. The highest BCUT2D eigenvalue weighted by Crippen LogP contribution is 2.30. The molecule has 1 atom stereocenters. The third-order valence-corrected chi connectivity index (χ3v) is 6.38. The number of amides is 1. The summed E-state index contributed by atoms with van der Waals surface area (Å²) in [7, 11) is 0. The minimum atomic E-state index is -1.30. The summed E-state index contributed by atoms with van der Waals surface area (Å²) in [6, 6.07) is 19.9. The second kappa shape index (κ2) is 10.8. The summed E-state index contributed by atoms with van der Waals surface area (Å²) < 4.78 is 21.2. The molecule has 0 bridgehead atoms. The molecular formula is C27H21BrFN3O5. The van der Waals surface area contributed by atoms with Crippen LogP contribution in [-0.2, 0) is 9.53 Å². The number of halogens is 2. The minimum Gasteiger partial charge on any atom is -0.444 e. The number of hydrogen-bond donors (Lipinski definition) is 1. The largest absolute Gasteiger partial charge is 0.444 e. The van der Waals surface area contributed by atoms with E-state index in [1.807, 2.05) is 0 Å². The van der Waals surface area contributed by atoms with Crippen molar-refractivity contribution < 1.29 is 23.6 Å². The van der Waals surface area contributed by atoms with Crippen molar-refractivity contribution in [3.63, 3.8) is 0 Å². The van der Waals surface area contributed by atoms with E-state index in [2.05, 4.69) is 21.2 Å². The lowest BCUT2D eigenvalue weighted by Gasteiger charge is -2.19. The van der Waals surface area contributed by atoms with Gasteiger partial charge in [0.05, 0.1) is 16.2 Å². The van der Waals surface area contributed by atoms with Crippen molar-refractivity contribution in [2.45, 2.75) is 20.0 Å². The Morgan fingerprint density at radius 1 is 1.03 bits per heavy atom. The molecule has 1 unspecified atom stereocenters. The zero-order chi connectivity index (χ0) is 26.7. The van der Waals surface area contributed by atoms with E-state index in [1.54, 1.807) is 66.9 Å². The number of benzene rings is 3. The first-order valence-corrected chi connectivity index (χ1v) is 11.9. The summed E-state index contributed by atoms with van der Waals surface area (Å²) in [5.41, 5.74) is 2.81. The zero-order valence-electron chi connectivity index (χ0n) is 19.8. The zero-order valence-corrected chi connectivity index (χ0v) is 21.4. The number of nitrogens with zero attached hydrogens (tertiary/aromatic N) is 2. The van der Waals surface area contributed by atoms with Gasteiger partial charge in [-0.3, -0.25) is 14.9 Å². The highest BCUT2D eigenvalue weighted by molar-refractivity contribution is 9.10. The van der Waals surface area contributed by atoms with Crippen molar-refractivity contribution in [2.24, 2.45) is 0 Å². The Labute approximate surface area is 220 Å². The van der Waals surface area contributed by atoms with Crippen LogP contribution in [0.4, 0.5) is 15.8 Å². The molecule has 0 aliphatic carbocycles. The summed E-state index contributed by atoms with van der Waals surface area (Å²) in [4.78, 5) is 37.0. The SMILES string of the molecule is Cc1cc(C(=O)OC(C(=O)Nc2ccc([N+](=O)[O-])cc2Br)c2ccccc2)c(C)n1-c1ccc(F)cc1. The van der Waals surface area contributed by atoms with Gasteiger partial charge in [-0.25, -0.2) is 9.18 Å². The van der Waals surface area contributed by atoms with Crippen molar-refractivity contribution >= 4 is 39.2 Å². The summed E-state index contributed by atoms with van der Waals surface area (Å²) in [5.74, 6) is -1.73. The number of aryl methyl sites for hydroxylation is 1. The van der Waals surface area contributed by atoms with Crippen LogP contribution in [0, 0.1) is 29.8 Å². The third-order valence-electron chi connectivity index (χ3n) is 5.72. The van der Waals surface area contributed by atoms with Crippen LogP contribution in [0.5, 0.6) is 0 Å². The molecule has 1 amide bonds. The molecule has 0 fully saturated rings. The van der Waals surface area contributed by atoms with Crippen LogP contribution in [0.25, 0.3) is 5.69 Å². The molecule has 0 radical (unpaired) electrons. The number of non-ortho nitro benzene ring substituents is 1. The van der Waals surface area contributed by atoms with Crippen LogP contribution in [0.1, 0.15) is 33.4 Å². The van der Waals surface area contributed by atoms with E-state index < -0.39 is 22.9 Å². The molecule has 0 aliphatic heterocycles. The Bertz CT molecular complexity index is 1490. The van der Waals surface area contributed by atoms with Crippen LogP contribution in [-0.4, -0.2) is 21.4 Å². The Hall–Kier alpha value is -4.31. The van der Waals surface area contributed by atoms with E-state index in [4.69, 9.17) is 4.74 Å². The van der Waals surface area contributed by atoms with E-state index in [-0.39, 0.29) is 22.8 Å². The number of carbonyl (C=O) groups is 2. The molecule has 8 nitrogen and oxygen atoms in total. The standard InChI is InChI=1S/C27H21BrFN3O5/c1-16-14-22(17(2)31(16)20-10-8-19(29)9-11-20)27(34)37-25(18-6-4-3-5-7-18)26(33)30-24-13-12-21(32(35)36)15-23(24)28/h3-15,25H,1-2H3,(H,30,33). The second-order valence-electron chi connectivity index (χ2n) is 8.20. The first-order valence-electron chi connectivity index (χ1n) is 11.1. The van der Waals surface area contributed by atoms with Gasteiger partial charge in [0.1, 0.15) is 5.82 Å². The van der Waals surface area contributed by atoms with Crippen LogP contribution in [0.15, 0.2) is 83.3 Å². The molecule has 0 aliphatic rings. The van der Waals surface area contributed by atoms with Gasteiger partial charge in [0.2, 0.25) is 6.10 Å². The van der Waals surface area contributed by atoms with E-state index >= 15 is 0 Å². The first kappa shape index (κ1) is 25.8. The first-order chi connectivity index (χ1) is 17.7. The maximum Gasteiger partial charge on any atom is 0.341 e. The topological polar surface area (TPSA) is 103 Å². The molecule has 37 heavy (non-hydrogen) atoms. The predicted molar refractivity (Wildman–Crippen MR) is 139 cm³/mol. The quantitative estimate of drug-likeness (QED) is 0.158. The van der Waals surface area contributed by atoms with Gasteiger partial charge in [-0.05, 0) is 66.2 Å². The van der Waals surface area contributed by atoms with Gasteiger partial charge in [-0.15, -0.1) is 0 Å². The average Bonchev–Trinajstić information content (AvgIpc) is 3.18. The summed E-state index contributed by atoms with van der Waals surface area (Å²) in [6.07, 6.45) is -1.30. The highest BCUT2D eigenvalue weighted by Gasteiger charge is 2.28. The molecule has 0 saturated heterocycles. The number of rotatable bonds is 7. The monoisotopic (exact) mass is 565 g/mol. The van der Waals surface area contributed by atoms with E-state index in [0.29, 0.717) is 21.4 Å². The van der Waals surface area contributed by atoms with Gasteiger partial charge in [0.25, 0.3) is 11.6 Å². The second-order valence-corrected chi connectivity index (χ2v) is 9.06. The lowest BCUT2D eigenvalue weighted by atomic mass is 10.1. The molecule has 4 rings (SSSR count). The van der Waals surface area contributed by atoms with Crippen LogP contribution < -0.4 is 5.32 Å². The maximum atomic E-state index is 13.4. The fraction of sp³-hybridized carbons (Fsp3) is 0.111. The molecule has 0 saturated carbocycles. The normalized spacial score (nSPS) is 11.6. The third kappa shape index (κ3) is 5.59. The predicted octanol–water partition coefficient (Wildman–Crippen LogP) is 6.44. The van der Waals surface area contributed by atoms with Crippen molar-refractivity contribution in [3.8, 4) is 5.69 Å². The summed E-state index contributed by atoms with van der Waals surface area (Å²) >= 11 is 3.23.